The Labute approximate surface area is 126 Å². The Morgan fingerprint density at radius 2 is 1.90 bits per heavy atom. The molecule has 0 aliphatic heterocycles. The molecule has 0 aliphatic rings. The number of aromatic carboxylic acids is 1. The van der Waals surface area contributed by atoms with E-state index in [1.807, 2.05) is 0 Å². The Bertz CT molecular complexity index is 714. The highest BCUT2D eigenvalue weighted by atomic mass is 35.5. The second kappa shape index (κ2) is 6.32. The van der Waals surface area contributed by atoms with E-state index < -0.39 is 34.0 Å². The molecule has 0 amide bonds. The average molecular weight is 331 g/mol. The van der Waals surface area contributed by atoms with Crippen molar-refractivity contribution in [2.45, 2.75) is 10.6 Å². The van der Waals surface area contributed by atoms with E-state index in [9.17, 15) is 17.8 Å². The van der Waals surface area contributed by atoms with Crippen LogP contribution in [0.25, 0.3) is 0 Å². The van der Waals surface area contributed by atoms with Crippen molar-refractivity contribution in [3.63, 3.8) is 0 Å². The SMILES string of the molecule is O=C(O)c1cc(S(=O)Cc2c(F)cccc2Cl)ccc1F. The summed E-state index contributed by atoms with van der Waals surface area (Å²) in [7, 11) is -1.74. The van der Waals surface area contributed by atoms with Crippen LogP contribution in [0, 0.1) is 11.6 Å². The van der Waals surface area contributed by atoms with Crippen LogP contribution in [-0.4, -0.2) is 15.3 Å². The van der Waals surface area contributed by atoms with Gasteiger partial charge in [-0.1, -0.05) is 17.7 Å². The molecule has 2 aromatic rings. The van der Waals surface area contributed by atoms with Crippen molar-refractivity contribution >= 4 is 28.4 Å². The standard InChI is InChI=1S/C14H9ClF2O3S/c15-11-2-1-3-12(16)10(11)7-21(20)8-4-5-13(17)9(6-8)14(18)19/h1-6H,7H2,(H,18,19). The van der Waals surface area contributed by atoms with Crippen LogP contribution in [0.15, 0.2) is 41.3 Å². The lowest BCUT2D eigenvalue weighted by Crippen LogP contribution is -2.05. The molecule has 110 valence electrons. The second-order valence-electron chi connectivity index (χ2n) is 4.14. The Kier molecular flexibility index (Phi) is 4.69. The van der Waals surface area contributed by atoms with Gasteiger partial charge in [0.25, 0.3) is 0 Å². The Morgan fingerprint density at radius 3 is 2.52 bits per heavy atom. The molecule has 7 heteroatoms. The molecule has 0 aromatic heterocycles. The minimum atomic E-state index is -1.74. The summed E-state index contributed by atoms with van der Waals surface area (Å²) in [4.78, 5) is 10.9. The summed E-state index contributed by atoms with van der Waals surface area (Å²) >= 11 is 5.84. The first kappa shape index (κ1) is 15.6. The third-order valence-corrected chi connectivity index (χ3v) is 4.45. The monoisotopic (exact) mass is 330 g/mol. The van der Waals surface area contributed by atoms with E-state index in [1.54, 1.807) is 0 Å². The molecular formula is C14H9ClF2O3S. The minimum absolute atomic E-state index is 0.0682. The fourth-order valence-corrected chi connectivity index (χ4v) is 3.19. The molecular weight excluding hydrogens is 322 g/mol. The Hall–Kier alpha value is -1.79. The van der Waals surface area contributed by atoms with Crippen molar-refractivity contribution in [3.8, 4) is 0 Å². The van der Waals surface area contributed by atoms with Crippen molar-refractivity contribution in [2.75, 3.05) is 0 Å². The molecule has 2 aromatic carbocycles. The van der Waals surface area contributed by atoms with Crippen LogP contribution < -0.4 is 0 Å². The van der Waals surface area contributed by atoms with Gasteiger partial charge in [0.05, 0.1) is 22.1 Å². The van der Waals surface area contributed by atoms with Gasteiger partial charge >= 0.3 is 5.97 Å². The predicted molar refractivity (Wildman–Crippen MR) is 74.9 cm³/mol. The molecule has 0 aliphatic carbocycles. The first-order chi connectivity index (χ1) is 9.90. The maximum atomic E-state index is 13.6. The first-order valence-electron chi connectivity index (χ1n) is 5.74. The molecule has 1 atom stereocenters. The van der Waals surface area contributed by atoms with Crippen molar-refractivity contribution < 1.29 is 22.9 Å². The molecule has 0 saturated heterocycles. The second-order valence-corrected chi connectivity index (χ2v) is 6.00. The van der Waals surface area contributed by atoms with Crippen LogP contribution >= 0.6 is 11.6 Å². The molecule has 21 heavy (non-hydrogen) atoms. The molecule has 0 bridgehead atoms. The normalized spacial score (nSPS) is 12.1. The molecule has 0 fully saturated rings. The van der Waals surface area contributed by atoms with Gasteiger partial charge < -0.3 is 5.11 Å². The zero-order valence-corrected chi connectivity index (χ0v) is 12.0. The van der Waals surface area contributed by atoms with Crippen LogP contribution in [0.1, 0.15) is 15.9 Å². The molecule has 3 nitrogen and oxygen atoms in total. The summed E-state index contributed by atoms with van der Waals surface area (Å²) in [6, 6.07) is 7.16. The lowest BCUT2D eigenvalue weighted by Gasteiger charge is -2.07. The van der Waals surface area contributed by atoms with E-state index in [4.69, 9.17) is 16.7 Å². The molecule has 1 unspecified atom stereocenters. The number of carboxylic acid groups (broad SMARTS) is 1. The van der Waals surface area contributed by atoms with Gasteiger partial charge in [-0.2, -0.15) is 0 Å². The average Bonchev–Trinajstić information content (AvgIpc) is 2.43. The number of hydrogen-bond acceptors (Lipinski definition) is 2. The van der Waals surface area contributed by atoms with Crippen molar-refractivity contribution in [3.05, 3.63) is 64.2 Å². The Morgan fingerprint density at radius 1 is 1.19 bits per heavy atom. The minimum Gasteiger partial charge on any atom is -0.478 e. The van der Waals surface area contributed by atoms with Crippen molar-refractivity contribution in [2.24, 2.45) is 0 Å². The number of hydrogen-bond donors (Lipinski definition) is 1. The summed E-state index contributed by atoms with van der Waals surface area (Å²) < 4.78 is 39.1. The van der Waals surface area contributed by atoms with E-state index >= 15 is 0 Å². The number of carboxylic acids is 1. The lowest BCUT2D eigenvalue weighted by atomic mass is 10.2. The number of halogens is 3. The van der Waals surface area contributed by atoms with E-state index in [-0.39, 0.29) is 21.2 Å². The molecule has 1 N–H and O–H groups in total. The maximum Gasteiger partial charge on any atom is 0.338 e. The fraction of sp³-hybridized carbons (Fsp3) is 0.0714. The third kappa shape index (κ3) is 3.46. The van der Waals surface area contributed by atoms with Gasteiger partial charge in [0, 0.05) is 15.5 Å². The summed E-state index contributed by atoms with van der Waals surface area (Å²) in [6.07, 6.45) is 0. The van der Waals surface area contributed by atoms with Crippen LogP contribution in [0.3, 0.4) is 0 Å². The molecule has 0 heterocycles. The lowest BCUT2D eigenvalue weighted by molar-refractivity contribution is 0.0691. The number of carbonyl (C=O) groups is 1. The molecule has 2 rings (SSSR count). The van der Waals surface area contributed by atoms with Gasteiger partial charge in [-0.25, -0.2) is 13.6 Å². The maximum absolute atomic E-state index is 13.6. The van der Waals surface area contributed by atoms with Gasteiger partial charge in [-0.15, -0.1) is 0 Å². The zero-order chi connectivity index (χ0) is 15.6. The Balaban J connectivity index is 2.33. The number of benzene rings is 2. The van der Waals surface area contributed by atoms with Crippen LogP contribution in [0.5, 0.6) is 0 Å². The summed E-state index contributed by atoms with van der Waals surface area (Å²) in [5.41, 5.74) is -0.515. The van der Waals surface area contributed by atoms with Gasteiger partial charge in [-0.05, 0) is 30.3 Å². The third-order valence-electron chi connectivity index (χ3n) is 2.77. The van der Waals surface area contributed by atoms with Crippen molar-refractivity contribution in [1.29, 1.82) is 0 Å². The molecule has 0 radical (unpaired) electrons. The van der Waals surface area contributed by atoms with E-state index in [0.717, 1.165) is 12.1 Å². The zero-order valence-electron chi connectivity index (χ0n) is 10.5. The molecule has 0 spiro atoms. The topological polar surface area (TPSA) is 54.4 Å². The van der Waals surface area contributed by atoms with Crippen LogP contribution in [0.2, 0.25) is 5.02 Å². The van der Waals surface area contributed by atoms with E-state index in [0.29, 0.717) is 0 Å². The van der Waals surface area contributed by atoms with Gasteiger partial charge in [0.15, 0.2) is 0 Å². The highest BCUT2D eigenvalue weighted by Crippen LogP contribution is 2.23. The summed E-state index contributed by atoms with van der Waals surface area (Å²) in [5.74, 6) is -3.21. The van der Waals surface area contributed by atoms with Gasteiger partial charge in [-0.3, -0.25) is 4.21 Å². The largest absolute Gasteiger partial charge is 0.478 e. The van der Waals surface area contributed by atoms with E-state index in [1.165, 1.54) is 24.3 Å². The highest BCUT2D eigenvalue weighted by Gasteiger charge is 2.16. The van der Waals surface area contributed by atoms with Crippen LogP contribution in [0.4, 0.5) is 8.78 Å². The first-order valence-corrected chi connectivity index (χ1v) is 7.44. The predicted octanol–water partition coefficient (Wildman–Crippen LogP) is 3.62. The highest BCUT2D eigenvalue weighted by molar-refractivity contribution is 7.84. The summed E-state index contributed by atoms with van der Waals surface area (Å²) in [6.45, 7) is 0. The van der Waals surface area contributed by atoms with Crippen LogP contribution in [-0.2, 0) is 16.6 Å². The van der Waals surface area contributed by atoms with Crippen molar-refractivity contribution in [1.82, 2.24) is 0 Å². The smallest absolute Gasteiger partial charge is 0.338 e. The summed E-state index contributed by atoms with van der Waals surface area (Å²) in [5, 5.41) is 8.96. The van der Waals surface area contributed by atoms with Gasteiger partial charge in [0.1, 0.15) is 11.6 Å². The quantitative estimate of drug-likeness (QED) is 0.931. The van der Waals surface area contributed by atoms with E-state index in [2.05, 4.69) is 0 Å². The fourth-order valence-electron chi connectivity index (χ4n) is 1.69. The molecule has 0 saturated carbocycles. The number of rotatable bonds is 4. The van der Waals surface area contributed by atoms with Gasteiger partial charge in [0.2, 0.25) is 0 Å².